The van der Waals surface area contributed by atoms with Crippen LogP contribution >= 0.6 is 27.4 Å². The Morgan fingerprint density at radius 1 is 0.683 bits per heavy atom. The summed E-state index contributed by atoms with van der Waals surface area (Å²) in [6.07, 6.45) is 8.51. The zero-order valence-corrected chi connectivity index (χ0v) is 37.5. The number of hydrogen-bond donors (Lipinski definition) is 8. The number of fused-ring (bicyclic) bond motifs is 1. The number of nitrogens with one attached hydrogen (secondary N) is 5. The molecule has 2 aliphatic heterocycles. The Morgan fingerprint density at radius 3 is 1.82 bits per heavy atom. The first-order valence-corrected chi connectivity index (χ1v) is 25.0. The molecule has 4 atom stereocenters. The minimum absolute atomic E-state index is 0.00597. The lowest BCUT2D eigenvalue weighted by atomic mass is 10.0. The fourth-order valence-electron chi connectivity index (χ4n) is 6.47. The topological polar surface area (TPSA) is 292 Å². The molecule has 60 heavy (non-hydrogen) atoms. The third-order valence-electron chi connectivity index (χ3n) is 9.68. The molecule has 0 aromatic heterocycles. The summed E-state index contributed by atoms with van der Waals surface area (Å²) in [5.41, 5.74) is 0. The number of carbonyl (C=O) groups is 6. The van der Waals surface area contributed by atoms with Crippen LogP contribution in [0.15, 0.2) is 0 Å². The molecule has 21 nitrogen and oxygen atoms in total. The van der Waals surface area contributed by atoms with Crippen LogP contribution in [0.3, 0.4) is 0 Å². The molecule has 0 radical (unpaired) electrons. The summed E-state index contributed by atoms with van der Waals surface area (Å²) in [4.78, 5) is 104. The number of carbonyl (C=O) groups excluding carboxylic acids is 6. The van der Waals surface area contributed by atoms with Gasteiger partial charge in [-0.1, -0.05) is 32.1 Å². The first-order valence-electron chi connectivity index (χ1n) is 20.9. The molecule has 7 amide bonds. The zero-order chi connectivity index (χ0) is 44.4. The summed E-state index contributed by atoms with van der Waals surface area (Å²) in [5, 5.41) is 14.6. The largest absolute Gasteiger partial charge is 0.472 e. The maximum atomic E-state index is 12.7. The molecule has 2 fully saturated rings. The van der Waals surface area contributed by atoms with E-state index in [2.05, 4.69) is 31.1 Å². The lowest BCUT2D eigenvalue weighted by molar-refractivity contribution is -0.135. The maximum absolute atomic E-state index is 12.7. The predicted molar refractivity (Wildman–Crippen MR) is 230 cm³/mol. The van der Waals surface area contributed by atoms with Crippen LogP contribution in [0.4, 0.5) is 4.79 Å². The highest BCUT2D eigenvalue weighted by Gasteiger charge is 2.42. The molecule has 2 heterocycles. The number of unbranched alkanes of at least 4 members (excludes halogenated alkanes) is 7. The first-order chi connectivity index (χ1) is 28.5. The Bertz CT molecular complexity index is 1470. The molecule has 26 heteroatoms. The van der Waals surface area contributed by atoms with Gasteiger partial charge in [-0.2, -0.15) is 11.8 Å². The Morgan fingerprint density at radius 2 is 1.22 bits per heavy atom. The third kappa shape index (κ3) is 24.1. The highest BCUT2D eigenvalue weighted by Crippen LogP contribution is 2.43. The summed E-state index contributed by atoms with van der Waals surface area (Å²) in [5.74, 6) is -0.677. The number of amides is 7. The average Bonchev–Trinajstić information content (AvgIpc) is 3.75. The minimum Gasteiger partial charge on any atom is -0.356 e. The van der Waals surface area contributed by atoms with Gasteiger partial charge in [0, 0.05) is 50.1 Å². The fraction of sp³-hybridized carbons (Fsp3) is 0.824. The van der Waals surface area contributed by atoms with Gasteiger partial charge in [0.05, 0.1) is 45.0 Å². The normalized spacial score (nSPS) is 18.1. The van der Waals surface area contributed by atoms with Crippen LogP contribution in [0.5, 0.6) is 0 Å². The van der Waals surface area contributed by atoms with Gasteiger partial charge < -0.3 is 51.1 Å². The van der Waals surface area contributed by atoms with Crippen LogP contribution in [-0.4, -0.2) is 164 Å². The van der Waals surface area contributed by atoms with Gasteiger partial charge >= 0.3 is 21.7 Å². The van der Waals surface area contributed by atoms with Crippen molar-refractivity contribution in [1.82, 2.24) is 36.4 Å². The van der Waals surface area contributed by atoms with E-state index in [1.807, 2.05) is 11.8 Å². The first kappa shape index (κ1) is 53.5. The number of hydrogen-bond acceptors (Lipinski definition) is 12. The standard InChI is InChI=1S/C34H65B2N7O14P2S/c35-21-31(47)42(23-29(45)38-14-8-1-3-9-18-55-58(50,51)52)16-15-39-30(46)24-43(32(48)22-36)17-20-57-59(53,54)56-19-10-4-2-7-13-37-28(44)12-6-5-11-27-33-26(25-60-27)40-34(49)41-33/h26-27,33H,1-25,35-36H2,(H,37,44)(H,38,45)(H,39,46)(H,53,54)(H2,40,41,49)(H2,50,51,52). The van der Waals surface area contributed by atoms with Gasteiger partial charge in [0.15, 0.2) is 0 Å². The number of phosphoric ester groups is 2. The van der Waals surface area contributed by atoms with E-state index in [0.717, 1.165) is 37.9 Å². The SMILES string of the molecule is BCC(=O)N(CCNC(=O)CN(CCOP(=O)(O)OCCCCCCNC(=O)CCCCC1SCC2NC(=O)NC21)C(=O)CB)CC(=O)NCCCCCCOP(=O)(O)O. The van der Waals surface area contributed by atoms with Gasteiger partial charge in [-0.3, -0.25) is 37.5 Å². The highest BCUT2D eigenvalue weighted by atomic mass is 32.2. The van der Waals surface area contributed by atoms with Crippen LogP contribution < -0.4 is 26.6 Å². The van der Waals surface area contributed by atoms with Crippen molar-refractivity contribution in [2.75, 3.05) is 71.4 Å². The Hall–Kier alpha value is -2.68. The highest BCUT2D eigenvalue weighted by molar-refractivity contribution is 8.00. The zero-order valence-electron chi connectivity index (χ0n) is 34.9. The smallest absolute Gasteiger partial charge is 0.356 e. The molecule has 2 saturated heterocycles. The molecular weight excluding hydrogens is 846 g/mol. The van der Waals surface area contributed by atoms with Gasteiger partial charge in [-0.25, -0.2) is 13.9 Å². The van der Waals surface area contributed by atoms with Gasteiger partial charge in [0.25, 0.3) is 0 Å². The van der Waals surface area contributed by atoms with Crippen LogP contribution in [0.25, 0.3) is 0 Å². The molecule has 0 spiro atoms. The molecule has 0 aromatic carbocycles. The van der Waals surface area contributed by atoms with E-state index in [-0.39, 0.29) is 107 Å². The maximum Gasteiger partial charge on any atom is 0.472 e. The van der Waals surface area contributed by atoms with E-state index in [1.54, 1.807) is 15.7 Å². The van der Waals surface area contributed by atoms with E-state index in [9.17, 15) is 42.8 Å². The summed E-state index contributed by atoms with van der Waals surface area (Å²) >= 11 is 1.86. The average molecular weight is 912 g/mol. The molecule has 4 unspecified atom stereocenters. The second-order valence-electron chi connectivity index (χ2n) is 14.5. The number of nitrogens with zero attached hydrogens (tertiary/aromatic N) is 2. The molecule has 0 saturated carbocycles. The van der Waals surface area contributed by atoms with Crippen molar-refractivity contribution in [2.45, 2.75) is 107 Å². The lowest BCUT2D eigenvalue weighted by Gasteiger charge is -2.24. The molecule has 342 valence electrons. The second-order valence-corrected chi connectivity index (χ2v) is 18.5. The van der Waals surface area contributed by atoms with Gasteiger partial charge in [-0.15, -0.1) is 0 Å². The molecule has 2 aliphatic rings. The number of rotatable bonds is 34. The van der Waals surface area contributed by atoms with Crippen LogP contribution in [0, 0.1) is 0 Å². The minimum atomic E-state index is -4.48. The Kier molecular flexibility index (Phi) is 26.4. The van der Waals surface area contributed by atoms with Gasteiger partial charge in [0.2, 0.25) is 29.5 Å². The van der Waals surface area contributed by atoms with Gasteiger partial charge in [-0.05, 0) is 51.2 Å². The number of urea groups is 1. The van der Waals surface area contributed by atoms with E-state index in [1.165, 1.54) is 9.80 Å². The molecule has 0 aliphatic carbocycles. The van der Waals surface area contributed by atoms with E-state index in [0.29, 0.717) is 63.3 Å². The molecule has 0 aromatic rings. The third-order valence-corrected chi connectivity index (χ3v) is 12.7. The summed E-state index contributed by atoms with van der Waals surface area (Å²) in [6.45, 7) is -0.237. The fourth-order valence-corrected chi connectivity index (χ4v) is 9.12. The molecular formula is C34H65B2N7O14P2S. The van der Waals surface area contributed by atoms with Crippen LogP contribution in [-0.2, 0) is 46.7 Å². The van der Waals surface area contributed by atoms with Crippen molar-refractivity contribution < 1.29 is 66.1 Å². The molecule has 8 N–H and O–H groups in total. The summed E-state index contributed by atoms with van der Waals surface area (Å²) in [7, 11) is -5.64. The quantitative estimate of drug-likeness (QED) is 0.0170. The predicted octanol–water partition coefficient (Wildman–Crippen LogP) is -0.815. The molecule has 0 bridgehead atoms. The van der Waals surface area contributed by atoms with Crippen molar-refractivity contribution in [3.8, 4) is 0 Å². The summed E-state index contributed by atoms with van der Waals surface area (Å²) < 4.78 is 37.6. The van der Waals surface area contributed by atoms with Gasteiger partial charge in [0.1, 0.15) is 15.7 Å². The van der Waals surface area contributed by atoms with Crippen molar-refractivity contribution in [3.05, 3.63) is 0 Å². The Balaban J connectivity index is 1.54. The summed E-state index contributed by atoms with van der Waals surface area (Å²) in [6, 6.07) is 0.272. The van der Waals surface area contributed by atoms with Crippen LogP contribution in [0.2, 0.25) is 12.6 Å². The van der Waals surface area contributed by atoms with E-state index < -0.39 is 21.6 Å². The van der Waals surface area contributed by atoms with Crippen molar-refractivity contribution in [3.63, 3.8) is 0 Å². The number of phosphoric acid groups is 2. The van der Waals surface area contributed by atoms with Crippen molar-refractivity contribution in [1.29, 1.82) is 0 Å². The second kappa shape index (κ2) is 29.6. The van der Waals surface area contributed by atoms with Crippen molar-refractivity contribution >= 4 is 78.7 Å². The molecule has 2 rings (SSSR count). The monoisotopic (exact) mass is 911 g/mol. The van der Waals surface area contributed by atoms with E-state index in [4.69, 9.17) is 18.8 Å². The van der Waals surface area contributed by atoms with Crippen LogP contribution in [0.1, 0.15) is 77.0 Å². The van der Waals surface area contributed by atoms with E-state index >= 15 is 0 Å². The lowest BCUT2D eigenvalue weighted by Crippen LogP contribution is -2.46. The van der Waals surface area contributed by atoms with Crippen molar-refractivity contribution in [2.24, 2.45) is 0 Å². The Labute approximate surface area is 358 Å². The number of thioether (sulfide) groups is 1.